The smallest absolute Gasteiger partial charge is 0.258 e. The average molecular weight is 423 g/mol. The number of carbonyl (C=O) groups is 1. The number of hydrogen-bond acceptors (Lipinski definition) is 7. The first kappa shape index (κ1) is 20.7. The highest BCUT2D eigenvalue weighted by Crippen LogP contribution is 2.30. The monoisotopic (exact) mass is 423 g/mol. The quantitative estimate of drug-likeness (QED) is 0.596. The maximum Gasteiger partial charge on any atom is 0.258 e. The Morgan fingerprint density at radius 1 is 0.968 bits per heavy atom. The zero-order valence-electron chi connectivity index (χ0n) is 17.8. The van der Waals surface area contributed by atoms with Gasteiger partial charge < -0.3 is 23.6 Å². The second-order valence-corrected chi connectivity index (χ2v) is 7.36. The molecule has 8 nitrogen and oxygen atoms in total. The zero-order chi connectivity index (χ0) is 21.8. The average Bonchev–Trinajstić information content (AvgIpc) is 3.33. The molecular weight excluding hydrogens is 398 g/mol. The Morgan fingerprint density at radius 2 is 1.65 bits per heavy atom. The van der Waals surface area contributed by atoms with E-state index in [2.05, 4.69) is 10.1 Å². The maximum absolute atomic E-state index is 13.0. The molecular formula is C23H25N3O5. The fourth-order valence-corrected chi connectivity index (χ4v) is 3.73. The third-order valence-electron chi connectivity index (χ3n) is 5.50. The highest BCUT2D eigenvalue weighted by atomic mass is 16.5. The van der Waals surface area contributed by atoms with Crippen LogP contribution < -0.4 is 14.2 Å². The molecule has 3 aromatic rings. The van der Waals surface area contributed by atoms with Crippen molar-refractivity contribution in [2.45, 2.75) is 18.8 Å². The van der Waals surface area contributed by atoms with Crippen molar-refractivity contribution in [3.63, 3.8) is 0 Å². The molecule has 1 amide bonds. The van der Waals surface area contributed by atoms with Gasteiger partial charge in [0.05, 0.1) is 21.3 Å². The molecule has 0 radical (unpaired) electrons. The van der Waals surface area contributed by atoms with Gasteiger partial charge in [-0.2, -0.15) is 4.98 Å². The van der Waals surface area contributed by atoms with E-state index in [4.69, 9.17) is 18.7 Å². The Hall–Kier alpha value is -3.55. The summed E-state index contributed by atoms with van der Waals surface area (Å²) in [6.45, 7) is 1.23. The number of ether oxygens (including phenoxy) is 3. The summed E-state index contributed by atoms with van der Waals surface area (Å²) < 4.78 is 21.3. The van der Waals surface area contributed by atoms with Crippen LogP contribution in [0.25, 0.3) is 11.5 Å². The van der Waals surface area contributed by atoms with Crippen LogP contribution in [-0.4, -0.2) is 55.4 Å². The molecule has 0 spiro atoms. The molecule has 2 aromatic carbocycles. The van der Waals surface area contributed by atoms with Crippen LogP contribution in [0.4, 0.5) is 0 Å². The molecule has 0 saturated carbocycles. The van der Waals surface area contributed by atoms with Gasteiger partial charge in [0.15, 0.2) is 5.82 Å². The summed E-state index contributed by atoms with van der Waals surface area (Å²) in [7, 11) is 4.76. The first-order valence-corrected chi connectivity index (χ1v) is 10.1. The lowest BCUT2D eigenvalue weighted by Crippen LogP contribution is -2.38. The van der Waals surface area contributed by atoms with Gasteiger partial charge in [0.25, 0.3) is 11.8 Å². The Labute approximate surface area is 180 Å². The van der Waals surface area contributed by atoms with E-state index in [1.54, 1.807) is 39.5 Å². The molecule has 8 heteroatoms. The van der Waals surface area contributed by atoms with Gasteiger partial charge in [-0.25, -0.2) is 0 Å². The third kappa shape index (κ3) is 4.47. The zero-order valence-corrected chi connectivity index (χ0v) is 17.8. The van der Waals surface area contributed by atoms with Gasteiger partial charge in [-0.15, -0.1) is 0 Å². The van der Waals surface area contributed by atoms with Crippen LogP contribution in [0.3, 0.4) is 0 Å². The summed E-state index contributed by atoms with van der Waals surface area (Å²) in [6, 6.07) is 12.7. The van der Waals surface area contributed by atoms with Crippen molar-refractivity contribution in [1.29, 1.82) is 0 Å². The van der Waals surface area contributed by atoms with Crippen LogP contribution in [0, 0.1) is 0 Å². The Kier molecular flexibility index (Phi) is 6.06. The number of methoxy groups -OCH3 is 3. The molecule has 1 fully saturated rings. The molecule has 1 saturated heterocycles. The summed E-state index contributed by atoms with van der Waals surface area (Å²) >= 11 is 0. The lowest BCUT2D eigenvalue weighted by Gasteiger charge is -2.30. The van der Waals surface area contributed by atoms with Crippen molar-refractivity contribution < 1.29 is 23.5 Å². The minimum atomic E-state index is -0.0409. The first-order valence-electron chi connectivity index (χ1n) is 10.1. The first-order chi connectivity index (χ1) is 15.1. The summed E-state index contributed by atoms with van der Waals surface area (Å²) in [5.74, 6) is 3.17. The summed E-state index contributed by atoms with van der Waals surface area (Å²) in [5.41, 5.74) is 1.37. The van der Waals surface area contributed by atoms with E-state index >= 15 is 0 Å². The molecule has 1 aliphatic heterocycles. The summed E-state index contributed by atoms with van der Waals surface area (Å²) in [5, 5.41) is 4.18. The molecule has 2 heterocycles. The SMILES string of the molecule is COc1cc(OC)cc(C(=O)N2CCC(c3noc(-c4cccc(OC)c4)n3)CC2)c1. The highest BCUT2D eigenvalue weighted by Gasteiger charge is 2.28. The summed E-state index contributed by atoms with van der Waals surface area (Å²) in [6.07, 6.45) is 1.54. The minimum Gasteiger partial charge on any atom is -0.497 e. The third-order valence-corrected chi connectivity index (χ3v) is 5.50. The number of carbonyl (C=O) groups excluding carboxylic acids is 1. The van der Waals surface area contributed by atoms with Crippen molar-refractivity contribution in [2.24, 2.45) is 0 Å². The lowest BCUT2D eigenvalue weighted by molar-refractivity contribution is 0.0710. The van der Waals surface area contributed by atoms with Crippen molar-refractivity contribution in [1.82, 2.24) is 15.0 Å². The maximum atomic E-state index is 13.0. The van der Waals surface area contributed by atoms with Gasteiger partial charge >= 0.3 is 0 Å². The number of nitrogens with zero attached hydrogens (tertiary/aromatic N) is 3. The lowest BCUT2D eigenvalue weighted by atomic mass is 9.95. The van der Waals surface area contributed by atoms with E-state index in [0.29, 0.717) is 41.9 Å². The normalized spacial score (nSPS) is 14.4. The Balaban J connectivity index is 1.42. The van der Waals surface area contributed by atoms with Gasteiger partial charge in [0.1, 0.15) is 17.2 Å². The van der Waals surface area contributed by atoms with Gasteiger partial charge in [0, 0.05) is 36.2 Å². The van der Waals surface area contributed by atoms with E-state index in [1.807, 2.05) is 29.2 Å². The van der Waals surface area contributed by atoms with E-state index < -0.39 is 0 Å². The van der Waals surface area contributed by atoms with E-state index in [1.165, 1.54) is 0 Å². The van der Waals surface area contributed by atoms with Crippen molar-refractivity contribution >= 4 is 5.91 Å². The molecule has 0 bridgehead atoms. The van der Waals surface area contributed by atoms with E-state index in [0.717, 1.165) is 24.2 Å². The predicted molar refractivity (Wildman–Crippen MR) is 114 cm³/mol. The Bertz CT molecular complexity index is 1030. The van der Waals surface area contributed by atoms with Crippen molar-refractivity contribution in [3.8, 4) is 28.7 Å². The van der Waals surface area contributed by atoms with Crippen molar-refractivity contribution in [2.75, 3.05) is 34.4 Å². The molecule has 0 N–H and O–H groups in total. The van der Waals surface area contributed by atoms with Crippen LogP contribution in [0.5, 0.6) is 17.2 Å². The molecule has 31 heavy (non-hydrogen) atoms. The van der Waals surface area contributed by atoms with E-state index in [9.17, 15) is 4.79 Å². The number of piperidine rings is 1. The highest BCUT2D eigenvalue weighted by molar-refractivity contribution is 5.95. The molecule has 0 aliphatic carbocycles. The molecule has 4 rings (SSSR count). The molecule has 0 atom stereocenters. The second-order valence-electron chi connectivity index (χ2n) is 7.36. The molecule has 1 aliphatic rings. The largest absolute Gasteiger partial charge is 0.497 e. The topological polar surface area (TPSA) is 86.9 Å². The fraction of sp³-hybridized carbons (Fsp3) is 0.348. The standard InChI is InChI=1S/C23H25N3O5/c1-28-18-6-4-5-16(11-18)22-24-21(25-31-22)15-7-9-26(10-8-15)23(27)17-12-19(29-2)14-20(13-17)30-3/h4-6,11-15H,7-10H2,1-3H3. The van der Waals surface area contributed by atoms with Crippen LogP contribution in [0.15, 0.2) is 47.0 Å². The molecule has 0 unspecified atom stereocenters. The number of amides is 1. The Morgan fingerprint density at radius 3 is 2.29 bits per heavy atom. The van der Waals surface area contributed by atoms with Crippen LogP contribution in [0.1, 0.15) is 34.9 Å². The number of benzene rings is 2. The van der Waals surface area contributed by atoms with Crippen LogP contribution >= 0.6 is 0 Å². The van der Waals surface area contributed by atoms with Crippen molar-refractivity contribution in [3.05, 3.63) is 53.9 Å². The number of hydrogen-bond donors (Lipinski definition) is 0. The van der Waals surface area contributed by atoms with Gasteiger partial charge in [-0.3, -0.25) is 4.79 Å². The van der Waals surface area contributed by atoms with E-state index in [-0.39, 0.29) is 11.8 Å². The fourth-order valence-electron chi connectivity index (χ4n) is 3.73. The number of aromatic nitrogens is 2. The number of rotatable bonds is 6. The van der Waals surface area contributed by atoms with Gasteiger partial charge in [0.2, 0.25) is 0 Å². The second kappa shape index (κ2) is 9.07. The van der Waals surface area contributed by atoms with Gasteiger partial charge in [-0.05, 0) is 43.2 Å². The molecule has 162 valence electrons. The van der Waals surface area contributed by atoms with Gasteiger partial charge in [-0.1, -0.05) is 11.2 Å². The number of likely N-dealkylation sites (tertiary alicyclic amines) is 1. The minimum absolute atomic E-state index is 0.0409. The van der Waals surface area contributed by atoms with Crippen LogP contribution in [-0.2, 0) is 0 Å². The molecule has 1 aromatic heterocycles. The summed E-state index contributed by atoms with van der Waals surface area (Å²) in [4.78, 5) is 19.4. The van der Waals surface area contributed by atoms with Crippen LogP contribution in [0.2, 0.25) is 0 Å². The predicted octanol–water partition coefficient (Wildman–Crippen LogP) is 3.78.